The van der Waals surface area contributed by atoms with E-state index in [-0.39, 0.29) is 12.0 Å². The van der Waals surface area contributed by atoms with Crippen molar-refractivity contribution in [3.63, 3.8) is 0 Å². The topological polar surface area (TPSA) is 38.3 Å². The molecule has 0 aromatic heterocycles. The number of aryl methyl sites for hydroxylation is 1. The van der Waals surface area contributed by atoms with Crippen molar-refractivity contribution in [2.45, 2.75) is 20.0 Å². The van der Waals surface area contributed by atoms with Gasteiger partial charge in [0.05, 0.1) is 6.10 Å². The van der Waals surface area contributed by atoms with Crippen molar-refractivity contribution in [3.8, 4) is 0 Å². The van der Waals surface area contributed by atoms with Gasteiger partial charge in [-0.1, -0.05) is 22.0 Å². The second kappa shape index (κ2) is 6.01. The first-order chi connectivity index (χ1) is 7.54. The average molecular weight is 286 g/mol. The lowest BCUT2D eigenvalue weighted by Gasteiger charge is -2.11. The molecule has 3 nitrogen and oxygen atoms in total. The summed E-state index contributed by atoms with van der Waals surface area (Å²) in [6.07, 6.45) is 0.0258. The molecule has 1 unspecified atom stereocenters. The van der Waals surface area contributed by atoms with Gasteiger partial charge in [0.1, 0.15) is 0 Å². The molecule has 1 amide bonds. The number of carbonyl (C=O) groups is 1. The maximum absolute atomic E-state index is 11.7. The van der Waals surface area contributed by atoms with Crippen LogP contribution in [0.3, 0.4) is 0 Å². The van der Waals surface area contributed by atoms with Crippen LogP contribution in [-0.4, -0.2) is 25.7 Å². The summed E-state index contributed by atoms with van der Waals surface area (Å²) in [4.78, 5) is 11.7. The van der Waals surface area contributed by atoms with Crippen molar-refractivity contribution in [2.75, 3.05) is 13.7 Å². The molecule has 0 fully saturated rings. The maximum Gasteiger partial charge on any atom is 0.251 e. The van der Waals surface area contributed by atoms with Gasteiger partial charge in [0.15, 0.2) is 0 Å². The van der Waals surface area contributed by atoms with Crippen LogP contribution in [0.2, 0.25) is 0 Å². The number of benzene rings is 1. The van der Waals surface area contributed by atoms with Crippen LogP contribution in [0.15, 0.2) is 22.7 Å². The van der Waals surface area contributed by atoms with E-state index in [0.29, 0.717) is 12.1 Å². The second-order valence-corrected chi connectivity index (χ2v) is 4.57. The van der Waals surface area contributed by atoms with Gasteiger partial charge in [-0.05, 0) is 31.5 Å². The molecule has 0 aliphatic rings. The third kappa shape index (κ3) is 3.61. The monoisotopic (exact) mass is 285 g/mol. The highest BCUT2D eigenvalue weighted by Gasteiger charge is 2.08. The van der Waals surface area contributed by atoms with E-state index >= 15 is 0 Å². The third-order valence-electron chi connectivity index (χ3n) is 2.39. The number of hydrogen-bond donors (Lipinski definition) is 1. The summed E-state index contributed by atoms with van der Waals surface area (Å²) in [5.41, 5.74) is 1.77. The number of methoxy groups -OCH3 is 1. The second-order valence-electron chi connectivity index (χ2n) is 3.72. The van der Waals surface area contributed by atoms with Gasteiger partial charge in [0, 0.05) is 23.7 Å². The van der Waals surface area contributed by atoms with Gasteiger partial charge >= 0.3 is 0 Å². The summed E-state index contributed by atoms with van der Waals surface area (Å²) in [6.45, 7) is 4.41. The number of halogens is 1. The van der Waals surface area contributed by atoms with E-state index in [1.54, 1.807) is 7.11 Å². The minimum atomic E-state index is -0.0791. The first-order valence-electron chi connectivity index (χ1n) is 5.11. The minimum Gasteiger partial charge on any atom is -0.380 e. The Morgan fingerprint density at radius 3 is 2.81 bits per heavy atom. The van der Waals surface area contributed by atoms with Gasteiger partial charge in [-0.15, -0.1) is 0 Å². The molecule has 1 aromatic carbocycles. The summed E-state index contributed by atoms with van der Waals surface area (Å²) < 4.78 is 6.00. The van der Waals surface area contributed by atoms with Gasteiger partial charge < -0.3 is 10.1 Å². The fraction of sp³-hybridized carbons (Fsp3) is 0.417. The van der Waals surface area contributed by atoms with Crippen LogP contribution in [0.25, 0.3) is 0 Å². The van der Waals surface area contributed by atoms with Crippen molar-refractivity contribution >= 4 is 21.8 Å². The van der Waals surface area contributed by atoms with Crippen molar-refractivity contribution in [2.24, 2.45) is 0 Å². The fourth-order valence-electron chi connectivity index (χ4n) is 1.16. The van der Waals surface area contributed by atoms with E-state index in [4.69, 9.17) is 4.74 Å². The maximum atomic E-state index is 11.7. The molecule has 88 valence electrons. The Morgan fingerprint density at radius 1 is 1.56 bits per heavy atom. The molecule has 0 saturated heterocycles. The van der Waals surface area contributed by atoms with Crippen molar-refractivity contribution in [1.82, 2.24) is 5.32 Å². The van der Waals surface area contributed by atoms with Crippen molar-refractivity contribution in [3.05, 3.63) is 33.8 Å². The zero-order chi connectivity index (χ0) is 12.1. The van der Waals surface area contributed by atoms with E-state index in [1.165, 1.54) is 0 Å². The van der Waals surface area contributed by atoms with Crippen LogP contribution in [0, 0.1) is 6.92 Å². The van der Waals surface area contributed by atoms with Crippen molar-refractivity contribution < 1.29 is 9.53 Å². The van der Waals surface area contributed by atoms with Gasteiger partial charge in [0.2, 0.25) is 0 Å². The van der Waals surface area contributed by atoms with E-state index in [2.05, 4.69) is 21.2 Å². The number of amides is 1. The molecule has 1 atom stereocenters. The molecule has 0 heterocycles. The highest BCUT2D eigenvalue weighted by Crippen LogP contribution is 2.17. The van der Waals surface area contributed by atoms with Gasteiger partial charge in [-0.3, -0.25) is 4.79 Å². The summed E-state index contributed by atoms with van der Waals surface area (Å²) in [5.74, 6) is -0.0791. The zero-order valence-electron chi connectivity index (χ0n) is 9.71. The molecule has 1 rings (SSSR count). The predicted octanol–water partition coefficient (Wildman–Crippen LogP) is 2.52. The lowest BCUT2D eigenvalue weighted by molar-refractivity contribution is 0.0870. The van der Waals surface area contributed by atoms with Crippen LogP contribution in [0.1, 0.15) is 22.8 Å². The quantitative estimate of drug-likeness (QED) is 0.923. The molecule has 0 aliphatic carbocycles. The third-order valence-corrected chi connectivity index (χ3v) is 3.24. The highest BCUT2D eigenvalue weighted by atomic mass is 79.9. The molecular formula is C12H16BrNO2. The van der Waals surface area contributed by atoms with Crippen LogP contribution in [0.4, 0.5) is 0 Å². The summed E-state index contributed by atoms with van der Waals surface area (Å²) in [5, 5.41) is 2.81. The van der Waals surface area contributed by atoms with Gasteiger partial charge in [-0.2, -0.15) is 0 Å². The molecule has 0 aliphatic heterocycles. The number of nitrogens with one attached hydrogen (secondary N) is 1. The standard InChI is InChI=1S/C12H16BrNO2/c1-8-4-5-10(6-11(8)13)12(15)14-7-9(2)16-3/h4-6,9H,7H2,1-3H3,(H,14,15). The Hall–Kier alpha value is -0.870. The largest absolute Gasteiger partial charge is 0.380 e. The fourth-order valence-corrected chi connectivity index (χ4v) is 1.53. The summed E-state index contributed by atoms with van der Waals surface area (Å²) >= 11 is 3.40. The Kier molecular flexibility index (Phi) is 4.96. The Bertz CT molecular complexity index is 379. The zero-order valence-corrected chi connectivity index (χ0v) is 11.3. The van der Waals surface area contributed by atoms with E-state index in [9.17, 15) is 4.79 Å². The Labute approximate surface area is 104 Å². The molecule has 0 spiro atoms. The SMILES string of the molecule is COC(C)CNC(=O)c1ccc(C)c(Br)c1. The molecule has 0 bridgehead atoms. The minimum absolute atomic E-state index is 0.0258. The van der Waals surface area contributed by atoms with Crippen LogP contribution in [-0.2, 0) is 4.74 Å². The highest BCUT2D eigenvalue weighted by molar-refractivity contribution is 9.10. The summed E-state index contributed by atoms with van der Waals surface area (Å²) in [7, 11) is 1.62. The molecular weight excluding hydrogens is 270 g/mol. The Morgan fingerprint density at radius 2 is 2.25 bits per heavy atom. The molecule has 0 saturated carbocycles. The lowest BCUT2D eigenvalue weighted by atomic mass is 10.1. The van der Waals surface area contributed by atoms with Crippen LogP contribution < -0.4 is 5.32 Å². The molecule has 1 aromatic rings. The van der Waals surface area contributed by atoms with Gasteiger partial charge in [-0.25, -0.2) is 0 Å². The molecule has 1 N–H and O–H groups in total. The van der Waals surface area contributed by atoms with Crippen molar-refractivity contribution in [1.29, 1.82) is 0 Å². The first-order valence-corrected chi connectivity index (χ1v) is 5.91. The predicted molar refractivity (Wildman–Crippen MR) is 67.7 cm³/mol. The van der Waals surface area contributed by atoms with E-state index in [0.717, 1.165) is 10.0 Å². The van der Waals surface area contributed by atoms with Gasteiger partial charge in [0.25, 0.3) is 5.91 Å². The smallest absolute Gasteiger partial charge is 0.251 e. The number of rotatable bonds is 4. The van der Waals surface area contributed by atoms with Crippen LogP contribution >= 0.6 is 15.9 Å². The first kappa shape index (κ1) is 13.2. The molecule has 0 radical (unpaired) electrons. The summed E-state index contributed by atoms with van der Waals surface area (Å²) in [6, 6.07) is 5.55. The number of hydrogen-bond acceptors (Lipinski definition) is 2. The Balaban J connectivity index is 2.63. The normalized spacial score (nSPS) is 12.2. The van der Waals surface area contributed by atoms with E-state index < -0.39 is 0 Å². The number of ether oxygens (including phenoxy) is 1. The average Bonchev–Trinajstić information content (AvgIpc) is 2.29. The van der Waals surface area contributed by atoms with Crippen LogP contribution in [0.5, 0.6) is 0 Å². The number of carbonyl (C=O) groups excluding carboxylic acids is 1. The molecule has 4 heteroatoms. The van der Waals surface area contributed by atoms with E-state index in [1.807, 2.05) is 32.0 Å². The lowest BCUT2D eigenvalue weighted by Crippen LogP contribution is -2.31. The molecule has 16 heavy (non-hydrogen) atoms.